The SMILES string of the molecule is COCC1(CNS(=O)(=O)N2CCC(C)CC2)CCCN1.Cl. The minimum atomic E-state index is -3.36. The van der Waals surface area contributed by atoms with E-state index in [-0.39, 0.29) is 17.9 Å². The van der Waals surface area contributed by atoms with Gasteiger partial charge in [0.05, 0.1) is 12.1 Å². The third-order valence-corrected chi connectivity index (χ3v) is 5.98. The summed E-state index contributed by atoms with van der Waals surface area (Å²) in [5.41, 5.74) is -0.245. The van der Waals surface area contributed by atoms with Gasteiger partial charge in [0.25, 0.3) is 10.2 Å². The fourth-order valence-corrected chi connectivity index (χ4v) is 4.35. The average Bonchev–Trinajstić information content (AvgIpc) is 2.87. The van der Waals surface area contributed by atoms with Crippen molar-refractivity contribution in [3.8, 4) is 0 Å². The Hall–Kier alpha value is 0.0800. The summed E-state index contributed by atoms with van der Waals surface area (Å²) in [6.45, 7) is 5.28. The Bertz CT molecular complexity index is 405. The number of piperidine rings is 1. The molecule has 2 N–H and O–H groups in total. The fourth-order valence-electron chi connectivity index (χ4n) is 3.02. The van der Waals surface area contributed by atoms with Crippen LogP contribution in [0.25, 0.3) is 0 Å². The molecule has 0 radical (unpaired) electrons. The normalized spacial score (nSPS) is 28.5. The molecule has 0 saturated carbocycles. The third kappa shape index (κ3) is 5.04. The lowest BCUT2D eigenvalue weighted by Gasteiger charge is -2.33. The summed E-state index contributed by atoms with van der Waals surface area (Å²) in [5.74, 6) is 0.623. The van der Waals surface area contributed by atoms with E-state index < -0.39 is 10.2 Å². The molecule has 0 bridgehead atoms. The summed E-state index contributed by atoms with van der Waals surface area (Å²) >= 11 is 0. The monoisotopic (exact) mass is 341 g/mol. The summed E-state index contributed by atoms with van der Waals surface area (Å²) in [4.78, 5) is 0. The van der Waals surface area contributed by atoms with Crippen molar-refractivity contribution in [3.05, 3.63) is 0 Å². The lowest BCUT2D eigenvalue weighted by molar-refractivity contribution is 0.122. The Morgan fingerprint density at radius 1 is 1.38 bits per heavy atom. The van der Waals surface area contributed by atoms with Crippen molar-refractivity contribution in [2.75, 3.05) is 39.9 Å². The molecule has 6 nitrogen and oxygen atoms in total. The molecule has 1 unspecified atom stereocenters. The predicted molar refractivity (Wildman–Crippen MR) is 86.0 cm³/mol. The van der Waals surface area contributed by atoms with Gasteiger partial charge in [-0.25, -0.2) is 4.72 Å². The van der Waals surface area contributed by atoms with Crippen molar-refractivity contribution < 1.29 is 13.2 Å². The van der Waals surface area contributed by atoms with Crippen molar-refractivity contribution >= 4 is 22.6 Å². The van der Waals surface area contributed by atoms with Gasteiger partial charge in [-0.15, -0.1) is 12.4 Å². The first-order chi connectivity index (χ1) is 9.47. The molecule has 0 spiro atoms. The summed E-state index contributed by atoms with van der Waals surface area (Å²) in [5, 5.41) is 3.38. The Labute approximate surface area is 134 Å². The fraction of sp³-hybridized carbons (Fsp3) is 1.00. The van der Waals surface area contributed by atoms with Crippen LogP contribution < -0.4 is 10.0 Å². The highest BCUT2D eigenvalue weighted by Gasteiger charge is 2.36. The summed E-state index contributed by atoms with van der Waals surface area (Å²) < 4.78 is 34.3. The van der Waals surface area contributed by atoms with Crippen LogP contribution in [0.4, 0.5) is 0 Å². The van der Waals surface area contributed by atoms with Crippen LogP contribution in [0.5, 0.6) is 0 Å². The smallest absolute Gasteiger partial charge is 0.279 e. The molecule has 8 heteroatoms. The van der Waals surface area contributed by atoms with Crippen LogP contribution in [-0.4, -0.2) is 58.2 Å². The molecule has 2 fully saturated rings. The van der Waals surface area contributed by atoms with E-state index in [1.54, 1.807) is 11.4 Å². The molecule has 0 aromatic rings. The first-order valence-electron chi connectivity index (χ1n) is 7.46. The van der Waals surface area contributed by atoms with Gasteiger partial charge < -0.3 is 10.1 Å². The van der Waals surface area contributed by atoms with E-state index in [4.69, 9.17) is 4.74 Å². The van der Waals surface area contributed by atoms with Crippen LogP contribution in [-0.2, 0) is 14.9 Å². The second-order valence-electron chi connectivity index (χ2n) is 6.15. The number of nitrogens with one attached hydrogen (secondary N) is 2. The summed E-state index contributed by atoms with van der Waals surface area (Å²) in [6.07, 6.45) is 3.90. The van der Waals surface area contributed by atoms with Gasteiger partial charge in [-0.2, -0.15) is 12.7 Å². The van der Waals surface area contributed by atoms with E-state index in [9.17, 15) is 8.42 Å². The van der Waals surface area contributed by atoms with Crippen LogP contribution in [0.3, 0.4) is 0 Å². The molecule has 2 saturated heterocycles. The number of hydrogen-bond acceptors (Lipinski definition) is 4. The number of methoxy groups -OCH3 is 1. The van der Waals surface area contributed by atoms with Crippen molar-refractivity contribution in [2.24, 2.45) is 5.92 Å². The zero-order chi connectivity index (χ0) is 14.6. The van der Waals surface area contributed by atoms with Crippen molar-refractivity contribution in [1.82, 2.24) is 14.3 Å². The molecule has 126 valence electrons. The molecule has 0 aromatic carbocycles. The van der Waals surface area contributed by atoms with Crippen molar-refractivity contribution in [1.29, 1.82) is 0 Å². The molecule has 2 aliphatic heterocycles. The minimum absolute atomic E-state index is 0. The molecule has 21 heavy (non-hydrogen) atoms. The zero-order valence-electron chi connectivity index (χ0n) is 12.9. The third-order valence-electron chi connectivity index (χ3n) is 4.43. The highest BCUT2D eigenvalue weighted by Crippen LogP contribution is 2.21. The largest absolute Gasteiger partial charge is 0.383 e. The molecule has 0 amide bonds. The van der Waals surface area contributed by atoms with Gasteiger partial charge in [0.15, 0.2) is 0 Å². The highest BCUT2D eigenvalue weighted by atomic mass is 35.5. The Kier molecular flexibility index (Phi) is 7.36. The first-order valence-corrected chi connectivity index (χ1v) is 8.90. The summed E-state index contributed by atoms with van der Waals surface area (Å²) in [7, 11) is -1.71. The number of rotatable bonds is 6. The maximum atomic E-state index is 12.3. The zero-order valence-corrected chi connectivity index (χ0v) is 14.6. The maximum absolute atomic E-state index is 12.3. The molecule has 2 rings (SSSR count). The Morgan fingerprint density at radius 2 is 2.05 bits per heavy atom. The topological polar surface area (TPSA) is 70.7 Å². The van der Waals surface area contributed by atoms with E-state index in [2.05, 4.69) is 17.0 Å². The van der Waals surface area contributed by atoms with E-state index in [0.29, 0.717) is 32.2 Å². The minimum Gasteiger partial charge on any atom is -0.383 e. The lowest BCUT2D eigenvalue weighted by Crippen LogP contribution is -2.55. The molecule has 0 aliphatic carbocycles. The number of ether oxygens (including phenoxy) is 1. The molecular weight excluding hydrogens is 314 g/mol. The highest BCUT2D eigenvalue weighted by molar-refractivity contribution is 7.87. The van der Waals surface area contributed by atoms with Crippen LogP contribution in [0.1, 0.15) is 32.6 Å². The standard InChI is InChI=1S/C13H27N3O3S.ClH/c1-12-4-8-16(9-5-12)20(17,18)15-10-13(11-19-2)6-3-7-14-13;/h12,14-15H,3-11H2,1-2H3;1H. The van der Waals surface area contributed by atoms with Gasteiger partial charge in [-0.1, -0.05) is 6.92 Å². The van der Waals surface area contributed by atoms with Crippen molar-refractivity contribution in [2.45, 2.75) is 38.1 Å². The second kappa shape index (κ2) is 8.08. The van der Waals surface area contributed by atoms with Gasteiger partial charge in [0.1, 0.15) is 0 Å². The Balaban J connectivity index is 0.00000220. The van der Waals surface area contributed by atoms with Gasteiger partial charge in [0, 0.05) is 26.7 Å². The van der Waals surface area contributed by atoms with Crippen molar-refractivity contribution in [3.63, 3.8) is 0 Å². The molecule has 2 aliphatic rings. The predicted octanol–water partition coefficient (Wildman–Crippen LogP) is 0.743. The summed E-state index contributed by atoms with van der Waals surface area (Å²) in [6, 6.07) is 0. The second-order valence-corrected chi connectivity index (χ2v) is 7.91. The van der Waals surface area contributed by atoms with Gasteiger partial charge in [0.2, 0.25) is 0 Å². The van der Waals surface area contributed by atoms with Gasteiger partial charge >= 0.3 is 0 Å². The van der Waals surface area contributed by atoms with Crippen LogP contribution in [0.15, 0.2) is 0 Å². The molecule has 2 heterocycles. The van der Waals surface area contributed by atoms with E-state index in [1.165, 1.54) is 0 Å². The van der Waals surface area contributed by atoms with E-state index in [0.717, 1.165) is 32.2 Å². The van der Waals surface area contributed by atoms with Crippen LogP contribution in [0.2, 0.25) is 0 Å². The number of hydrogen-bond donors (Lipinski definition) is 2. The molecular formula is C13H28ClN3O3S. The van der Waals surface area contributed by atoms with Gasteiger partial charge in [-0.3, -0.25) is 0 Å². The van der Waals surface area contributed by atoms with E-state index in [1.807, 2.05) is 0 Å². The molecule has 1 atom stereocenters. The lowest BCUT2D eigenvalue weighted by atomic mass is 9.99. The quantitative estimate of drug-likeness (QED) is 0.747. The maximum Gasteiger partial charge on any atom is 0.279 e. The number of nitrogens with zero attached hydrogens (tertiary/aromatic N) is 1. The van der Waals surface area contributed by atoms with E-state index >= 15 is 0 Å². The average molecular weight is 342 g/mol. The molecule has 0 aromatic heterocycles. The Morgan fingerprint density at radius 3 is 2.57 bits per heavy atom. The van der Waals surface area contributed by atoms with Crippen LogP contribution in [0, 0.1) is 5.92 Å². The van der Waals surface area contributed by atoms with Gasteiger partial charge in [-0.05, 0) is 38.1 Å². The number of halogens is 1. The van der Waals surface area contributed by atoms with Crippen LogP contribution >= 0.6 is 12.4 Å². The first kappa shape index (κ1) is 19.1.